The zero-order valence-electron chi connectivity index (χ0n) is 11.2. The van der Waals surface area contributed by atoms with E-state index in [4.69, 9.17) is 0 Å². The fourth-order valence-electron chi connectivity index (χ4n) is 2.57. The Balaban J connectivity index is 2.04. The van der Waals surface area contributed by atoms with Gasteiger partial charge in [-0.1, -0.05) is 19.1 Å². The molecule has 4 heteroatoms. The molecule has 2 N–H and O–H groups in total. The van der Waals surface area contributed by atoms with E-state index in [0.717, 1.165) is 31.5 Å². The summed E-state index contributed by atoms with van der Waals surface area (Å²) in [4.78, 5) is 13.5. The third kappa shape index (κ3) is 3.70. The van der Waals surface area contributed by atoms with Crippen LogP contribution in [0, 0.1) is 5.92 Å². The van der Waals surface area contributed by atoms with Gasteiger partial charge in [-0.25, -0.2) is 0 Å². The van der Waals surface area contributed by atoms with Gasteiger partial charge in [-0.2, -0.15) is 0 Å². The number of piperidine rings is 1. The van der Waals surface area contributed by atoms with E-state index < -0.39 is 12.0 Å². The number of carboxylic acid groups (broad SMARTS) is 1. The van der Waals surface area contributed by atoms with E-state index in [1.54, 1.807) is 24.3 Å². The lowest BCUT2D eigenvalue weighted by Crippen LogP contribution is -2.46. The van der Waals surface area contributed by atoms with E-state index in [9.17, 15) is 15.0 Å². The van der Waals surface area contributed by atoms with Gasteiger partial charge in [0.25, 0.3) is 0 Å². The van der Waals surface area contributed by atoms with Crippen LogP contribution in [0.4, 0.5) is 0 Å². The SMILES string of the molecule is CC1CCN(C(Cc2ccc(O)cc2)C(=O)O)CC1. The van der Waals surface area contributed by atoms with Gasteiger partial charge in [-0.05, 0) is 56.0 Å². The van der Waals surface area contributed by atoms with Crippen LogP contribution >= 0.6 is 0 Å². The minimum absolute atomic E-state index is 0.211. The van der Waals surface area contributed by atoms with Crippen LogP contribution in [-0.4, -0.2) is 40.2 Å². The van der Waals surface area contributed by atoms with E-state index in [0.29, 0.717) is 12.3 Å². The number of carboxylic acids is 1. The van der Waals surface area contributed by atoms with Crippen LogP contribution < -0.4 is 0 Å². The van der Waals surface area contributed by atoms with Gasteiger partial charge in [0.05, 0.1) is 0 Å². The first kappa shape index (κ1) is 13.9. The number of aliphatic carboxylic acids is 1. The normalized spacial score (nSPS) is 19.2. The summed E-state index contributed by atoms with van der Waals surface area (Å²) in [5.74, 6) is 0.143. The van der Waals surface area contributed by atoms with E-state index in [2.05, 4.69) is 11.8 Å². The first-order chi connectivity index (χ1) is 9.06. The van der Waals surface area contributed by atoms with Crippen LogP contribution in [0.2, 0.25) is 0 Å². The van der Waals surface area contributed by atoms with Crippen molar-refractivity contribution in [2.45, 2.75) is 32.2 Å². The number of rotatable bonds is 4. The van der Waals surface area contributed by atoms with E-state index >= 15 is 0 Å². The summed E-state index contributed by atoms with van der Waals surface area (Å²) in [6, 6.07) is 6.33. The highest BCUT2D eigenvalue weighted by Gasteiger charge is 2.28. The van der Waals surface area contributed by atoms with Crippen molar-refractivity contribution in [3.8, 4) is 5.75 Å². The Morgan fingerprint density at radius 2 is 1.89 bits per heavy atom. The topological polar surface area (TPSA) is 60.8 Å². The summed E-state index contributed by atoms with van der Waals surface area (Å²) in [6.07, 6.45) is 2.63. The van der Waals surface area contributed by atoms with Gasteiger partial charge in [0.15, 0.2) is 0 Å². The smallest absolute Gasteiger partial charge is 0.321 e. The third-order valence-corrected chi connectivity index (χ3v) is 3.91. The lowest BCUT2D eigenvalue weighted by Gasteiger charge is -2.34. The summed E-state index contributed by atoms with van der Waals surface area (Å²) in [5, 5.41) is 18.7. The molecule has 0 spiro atoms. The molecule has 0 radical (unpaired) electrons. The van der Waals surface area contributed by atoms with Gasteiger partial charge >= 0.3 is 5.97 Å². The van der Waals surface area contributed by atoms with Crippen LogP contribution in [0.15, 0.2) is 24.3 Å². The Labute approximate surface area is 113 Å². The maximum atomic E-state index is 11.5. The molecule has 19 heavy (non-hydrogen) atoms. The average Bonchev–Trinajstić information content (AvgIpc) is 2.39. The predicted molar refractivity (Wildman–Crippen MR) is 73.2 cm³/mol. The van der Waals surface area contributed by atoms with Crippen LogP contribution in [-0.2, 0) is 11.2 Å². The molecule has 0 aliphatic carbocycles. The van der Waals surface area contributed by atoms with Crippen molar-refractivity contribution in [2.24, 2.45) is 5.92 Å². The maximum Gasteiger partial charge on any atom is 0.321 e. The first-order valence-corrected chi connectivity index (χ1v) is 6.81. The zero-order chi connectivity index (χ0) is 13.8. The number of aromatic hydroxyl groups is 1. The third-order valence-electron chi connectivity index (χ3n) is 3.91. The molecule has 0 saturated carbocycles. The summed E-state index contributed by atoms with van der Waals surface area (Å²) >= 11 is 0. The molecule has 1 aromatic rings. The molecule has 1 unspecified atom stereocenters. The molecule has 0 bridgehead atoms. The lowest BCUT2D eigenvalue weighted by atomic mass is 9.96. The molecule has 1 heterocycles. The minimum Gasteiger partial charge on any atom is -0.508 e. The van der Waals surface area contributed by atoms with Crippen molar-refractivity contribution < 1.29 is 15.0 Å². The number of hydrogen-bond donors (Lipinski definition) is 2. The van der Waals surface area contributed by atoms with Gasteiger partial charge in [0.2, 0.25) is 0 Å². The van der Waals surface area contributed by atoms with Crippen molar-refractivity contribution in [3.05, 3.63) is 29.8 Å². The molecular formula is C15H21NO3. The Hall–Kier alpha value is -1.55. The second-order valence-corrected chi connectivity index (χ2v) is 5.44. The second-order valence-electron chi connectivity index (χ2n) is 5.44. The fourth-order valence-corrected chi connectivity index (χ4v) is 2.57. The van der Waals surface area contributed by atoms with E-state index in [-0.39, 0.29) is 5.75 Å². The molecular weight excluding hydrogens is 242 g/mol. The van der Waals surface area contributed by atoms with E-state index in [1.807, 2.05) is 0 Å². The second kappa shape index (κ2) is 6.06. The molecule has 1 aliphatic rings. The number of nitrogens with zero attached hydrogens (tertiary/aromatic N) is 1. The number of phenolic OH excluding ortho intramolecular Hbond substituents is 1. The number of phenols is 1. The molecule has 0 aromatic heterocycles. The summed E-state index contributed by atoms with van der Waals surface area (Å²) in [6.45, 7) is 3.93. The fraction of sp³-hybridized carbons (Fsp3) is 0.533. The largest absolute Gasteiger partial charge is 0.508 e. The highest BCUT2D eigenvalue weighted by atomic mass is 16.4. The van der Waals surface area contributed by atoms with Crippen molar-refractivity contribution in [3.63, 3.8) is 0 Å². The Morgan fingerprint density at radius 1 is 1.32 bits per heavy atom. The van der Waals surface area contributed by atoms with Gasteiger partial charge < -0.3 is 10.2 Å². The summed E-state index contributed by atoms with van der Waals surface area (Å²) in [5.41, 5.74) is 0.948. The Kier molecular flexibility index (Phi) is 4.43. The number of hydrogen-bond acceptors (Lipinski definition) is 3. The number of likely N-dealkylation sites (tertiary alicyclic amines) is 1. The van der Waals surface area contributed by atoms with Gasteiger partial charge in [0.1, 0.15) is 11.8 Å². The Morgan fingerprint density at radius 3 is 2.42 bits per heavy atom. The van der Waals surface area contributed by atoms with E-state index in [1.165, 1.54) is 0 Å². The van der Waals surface area contributed by atoms with Crippen LogP contribution in [0.3, 0.4) is 0 Å². The molecule has 2 rings (SSSR count). The first-order valence-electron chi connectivity index (χ1n) is 6.81. The van der Waals surface area contributed by atoms with Crippen molar-refractivity contribution in [1.82, 2.24) is 4.90 Å². The van der Waals surface area contributed by atoms with Gasteiger partial charge in [-0.15, -0.1) is 0 Å². The molecule has 0 amide bonds. The lowest BCUT2D eigenvalue weighted by molar-refractivity contribution is -0.143. The van der Waals surface area contributed by atoms with Crippen molar-refractivity contribution in [1.29, 1.82) is 0 Å². The van der Waals surface area contributed by atoms with Crippen LogP contribution in [0.1, 0.15) is 25.3 Å². The quantitative estimate of drug-likeness (QED) is 0.873. The zero-order valence-corrected chi connectivity index (χ0v) is 11.2. The summed E-state index contributed by atoms with van der Waals surface area (Å²) in [7, 11) is 0. The average molecular weight is 263 g/mol. The molecule has 1 aromatic carbocycles. The molecule has 104 valence electrons. The number of benzene rings is 1. The molecule has 1 saturated heterocycles. The van der Waals surface area contributed by atoms with Gasteiger partial charge in [0, 0.05) is 0 Å². The van der Waals surface area contributed by atoms with Crippen LogP contribution in [0.25, 0.3) is 0 Å². The predicted octanol–water partition coefficient (Wildman–Crippen LogP) is 2.12. The van der Waals surface area contributed by atoms with Crippen molar-refractivity contribution in [2.75, 3.05) is 13.1 Å². The molecule has 4 nitrogen and oxygen atoms in total. The standard InChI is InChI=1S/C15H21NO3/c1-11-6-8-16(9-7-11)14(15(18)19)10-12-2-4-13(17)5-3-12/h2-5,11,14,17H,6-10H2,1H3,(H,18,19). The minimum atomic E-state index is -0.761. The monoisotopic (exact) mass is 263 g/mol. The highest BCUT2D eigenvalue weighted by Crippen LogP contribution is 2.20. The van der Waals surface area contributed by atoms with Crippen molar-refractivity contribution >= 4 is 5.97 Å². The molecule has 1 atom stereocenters. The highest BCUT2D eigenvalue weighted by molar-refractivity contribution is 5.74. The van der Waals surface area contributed by atoms with Crippen LogP contribution in [0.5, 0.6) is 5.75 Å². The maximum absolute atomic E-state index is 11.5. The molecule has 1 aliphatic heterocycles. The van der Waals surface area contributed by atoms with Gasteiger partial charge in [-0.3, -0.25) is 9.69 Å². The Bertz CT molecular complexity index is 422. The summed E-state index contributed by atoms with van der Waals surface area (Å²) < 4.78 is 0. The molecule has 1 fully saturated rings. The number of carbonyl (C=O) groups is 1.